The van der Waals surface area contributed by atoms with Gasteiger partial charge in [-0.2, -0.15) is 0 Å². The highest BCUT2D eigenvalue weighted by Gasteiger charge is 2.30. The second-order valence-corrected chi connectivity index (χ2v) is 6.38. The minimum atomic E-state index is 0.198. The lowest BCUT2D eigenvalue weighted by Crippen LogP contribution is -2.30. The average Bonchev–Trinajstić information content (AvgIpc) is 3.21. The summed E-state index contributed by atoms with van der Waals surface area (Å²) >= 11 is 0. The van der Waals surface area contributed by atoms with Crippen LogP contribution in [0, 0.1) is 0 Å². The van der Waals surface area contributed by atoms with Gasteiger partial charge in [0.15, 0.2) is 0 Å². The lowest BCUT2D eigenvalue weighted by molar-refractivity contribution is -0.129. The van der Waals surface area contributed by atoms with Crippen LogP contribution in [0.4, 0.5) is 0 Å². The first-order valence-electron chi connectivity index (χ1n) is 8.30. The lowest BCUT2D eigenvalue weighted by Gasteiger charge is -2.16. The highest BCUT2D eigenvalue weighted by Crippen LogP contribution is 2.28. The van der Waals surface area contributed by atoms with Crippen LogP contribution in [0.25, 0.3) is 11.0 Å². The molecule has 0 unspecified atom stereocenters. The van der Waals surface area contributed by atoms with E-state index < -0.39 is 0 Å². The number of fused-ring (bicyclic) bond motifs is 1. The summed E-state index contributed by atoms with van der Waals surface area (Å²) < 4.78 is 2.11. The standard InChI is InChI=1S/C19H20N4O/c1-22-17-12-20-9-7-16(17)21-19(22)15-8-10-23(13-15)18(24)11-14-5-3-2-4-6-14/h2-7,9,12,15H,8,10-11,13H2,1H3/t15-/m1/s1. The molecular weight excluding hydrogens is 300 g/mol. The Morgan fingerprint density at radius 2 is 2.08 bits per heavy atom. The number of carbonyl (C=O) groups is 1. The quantitative estimate of drug-likeness (QED) is 0.745. The molecular formula is C19H20N4O. The molecule has 5 heteroatoms. The van der Waals surface area contributed by atoms with Crippen LogP contribution in [0.1, 0.15) is 23.7 Å². The Bertz CT molecular complexity index is 871. The summed E-state index contributed by atoms with van der Waals surface area (Å²) in [5, 5.41) is 0. The first kappa shape index (κ1) is 14.9. The van der Waals surface area contributed by atoms with E-state index in [0.717, 1.165) is 41.9 Å². The topological polar surface area (TPSA) is 51.0 Å². The van der Waals surface area contributed by atoms with Crippen LogP contribution in [0.15, 0.2) is 48.8 Å². The number of aryl methyl sites for hydroxylation is 1. The fourth-order valence-electron chi connectivity index (χ4n) is 3.50. The molecule has 1 aliphatic rings. The van der Waals surface area contributed by atoms with Crippen LogP contribution in [0.2, 0.25) is 0 Å². The summed E-state index contributed by atoms with van der Waals surface area (Å²) in [6, 6.07) is 11.9. The van der Waals surface area contributed by atoms with Gasteiger partial charge in [0.05, 0.1) is 23.7 Å². The molecule has 3 heterocycles. The molecule has 3 aromatic rings. The summed E-state index contributed by atoms with van der Waals surface area (Å²) in [5.74, 6) is 1.54. The van der Waals surface area contributed by atoms with Crippen molar-refractivity contribution in [2.45, 2.75) is 18.8 Å². The van der Waals surface area contributed by atoms with Crippen LogP contribution < -0.4 is 0 Å². The van der Waals surface area contributed by atoms with Crippen molar-refractivity contribution in [3.05, 3.63) is 60.2 Å². The Balaban J connectivity index is 1.49. The molecule has 5 nitrogen and oxygen atoms in total. The largest absolute Gasteiger partial charge is 0.342 e. The molecule has 1 aromatic carbocycles. The minimum absolute atomic E-state index is 0.198. The van der Waals surface area contributed by atoms with Crippen molar-refractivity contribution in [2.75, 3.05) is 13.1 Å². The minimum Gasteiger partial charge on any atom is -0.342 e. The van der Waals surface area contributed by atoms with E-state index in [4.69, 9.17) is 4.98 Å². The van der Waals surface area contributed by atoms with Gasteiger partial charge in [0.2, 0.25) is 5.91 Å². The first-order chi connectivity index (χ1) is 11.7. The van der Waals surface area contributed by atoms with Gasteiger partial charge in [0.1, 0.15) is 5.82 Å². The predicted octanol–water partition coefficient (Wildman–Crippen LogP) is 2.53. The molecule has 24 heavy (non-hydrogen) atoms. The van der Waals surface area contributed by atoms with E-state index in [1.165, 1.54) is 0 Å². The van der Waals surface area contributed by atoms with Crippen molar-refractivity contribution >= 4 is 16.9 Å². The number of nitrogens with zero attached hydrogens (tertiary/aromatic N) is 4. The van der Waals surface area contributed by atoms with Gasteiger partial charge in [-0.15, -0.1) is 0 Å². The summed E-state index contributed by atoms with van der Waals surface area (Å²) in [4.78, 5) is 23.4. The molecule has 122 valence electrons. The van der Waals surface area contributed by atoms with Gasteiger partial charge in [-0.25, -0.2) is 4.98 Å². The predicted molar refractivity (Wildman–Crippen MR) is 92.6 cm³/mol. The molecule has 1 aliphatic heterocycles. The number of imidazole rings is 1. The number of likely N-dealkylation sites (tertiary alicyclic amines) is 1. The van der Waals surface area contributed by atoms with E-state index in [-0.39, 0.29) is 5.91 Å². The highest BCUT2D eigenvalue weighted by molar-refractivity contribution is 5.79. The fourth-order valence-corrected chi connectivity index (χ4v) is 3.50. The number of pyridine rings is 1. The van der Waals surface area contributed by atoms with Gasteiger partial charge < -0.3 is 9.47 Å². The van der Waals surface area contributed by atoms with E-state index >= 15 is 0 Å². The third-order valence-electron chi connectivity index (χ3n) is 4.82. The second-order valence-electron chi connectivity index (χ2n) is 6.38. The maximum Gasteiger partial charge on any atom is 0.227 e. The van der Waals surface area contributed by atoms with E-state index in [9.17, 15) is 4.79 Å². The maximum absolute atomic E-state index is 12.5. The molecule has 0 N–H and O–H groups in total. The van der Waals surface area contributed by atoms with Crippen LogP contribution >= 0.6 is 0 Å². The van der Waals surface area contributed by atoms with E-state index in [0.29, 0.717) is 12.3 Å². The molecule has 0 bridgehead atoms. The molecule has 0 radical (unpaired) electrons. The third-order valence-corrected chi connectivity index (χ3v) is 4.82. The van der Waals surface area contributed by atoms with Crippen molar-refractivity contribution in [3.63, 3.8) is 0 Å². The number of benzene rings is 1. The smallest absolute Gasteiger partial charge is 0.227 e. The molecule has 0 aliphatic carbocycles. The Hall–Kier alpha value is -2.69. The SMILES string of the molecule is Cn1c([C@@H]2CCN(C(=O)Cc3ccccc3)C2)nc2ccncc21. The van der Waals surface area contributed by atoms with Crippen molar-refractivity contribution < 1.29 is 4.79 Å². The number of aromatic nitrogens is 3. The number of carbonyl (C=O) groups excluding carboxylic acids is 1. The monoisotopic (exact) mass is 320 g/mol. The first-order valence-corrected chi connectivity index (χ1v) is 8.30. The van der Waals surface area contributed by atoms with Gasteiger partial charge in [-0.3, -0.25) is 9.78 Å². The number of hydrogen-bond acceptors (Lipinski definition) is 3. The maximum atomic E-state index is 12.5. The number of hydrogen-bond donors (Lipinski definition) is 0. The Labute approximate surface area is 140 Å². The van der Waals surface area contributed by atoms with Gasteiger partial charge in [-0.05, 0) is 18.1 Å². The van der Waals surface area contributed by atoms with Crippen LogP contribution in [0.5, 0.6) is 0 Å². The Morgan fingerprint density at radius 1 is 1.25 bits per heavy atom. The van der Waals surface area contributed by atoms with Crippen molar-refractivity contribution in [2.24, 2.45) is 7.05 Å². The Kier molecular flexibility index (Phi) is 3.76. The van der Waals surface area contributed by atoms with Crippen molar-refractivity contribution in [3.8, 4) is 0 Å². The summed E-state index contributed by atoms with van der Waals surface area (Å²) in [6.07, 6.45) is 5.05. The fraction of sp³-hybridized carbons (Fsp3) is 0.316. The zero-order chi connectivity index (χ0) is 16.5. The van der Waals surface area contributed by atoms with E-state index in [2.05, 4.69) is 9.55 Å². The van der Waals surface area contributed by atoms with Gasteiger partial charge >= 0.3 is 0 Å². The second kappa shape index (κ2) is 6.07. The highest BCUT2D eigenvalue weighted by atomic mass is 16.2. The summed E-state index contributed by atoms with van der Waals surface area (Å²) in [7, 11) is 2.03. The molecule has 4 rings (SSSR count). The third kappa shape index (κ3) is 2.66. The van der Waals surface area contributed by atoms with Crippen LogP contribution in [-0.2, 0) is 18.3 Å². The van der Waals surface area contributed by atoms with Gasteiger partial charge in [-0.1, -0.05) is 30.3 Å². The molecule has 1 fully saturated rings. The van der Waals surface area contributed by atoms with E-state index in [1.807, 2.05) is 54.5 Å². The molecule has 1 amide bonds. The summed E-state index contributed by atoms with van der Waals surface area (Å²) in [5.41, 5.74) is 3.08. The Morgan fingerprint density at radius 3 is 2.88 bits per heavy atom. The van der Waals surface area contributed by atoms with Gasteiger partial charge in [0.25, 0.3) is 0 Å². The molecule has 0 saturated carbocycles. The normalized spacial score (nSPS) is 17.5. The lowest BCUT2D eigenvalue weighted by atomic mass is 10.1. The molecule has 1 saturated heterocycles. The number of amides is 1. The van der Waals surface area contributed by atoms with Gasteiger partial charge in [0, 0.05) is 32.3 Å². The zero-order valence-electron chi connectivity index (χ0n) is 13.7. The summed E-state index contributed by atoms with van der Waals surface area (Å²) in [6.45, 7) is 1.55. The zero-order valence-corrected chi connectivity index (χ0v) is 13.7. The number of rotatable bonds is 3. The average molecular weight is 320 g/mol. The van der Waals surface area contributed by atoms with Crippen molar-refractivity contribution in [1.29, 1.82) is 0 Å². The van der Waals surface area contributed by atoms with Crippen LogP contribution in [0.3, 0.4) is 0 Å². The van der Waals surface area contributed by atoms with E-state index in [1.54, 1.807) is 6.20 Å². The molecule has 0 spiro atoms. The molecule has 2 aromatic heterocycles. The molecule has 1 atom stereocenters. The van der Waals surface area contributed by atoms with Crippen LogP contribution in [-0.4, -0.2) is 38.4 Å². The van der Waals surface area contributed by atoms with Crippen molar-refractivity contribution in [1.82, 2.24) is 19.4 Å².